The molecule has 2 aliphatic heterocycles. The molecule has 1 atom stereocenters. The minimum absolute atomic E-state index is 0.0769. The maximum absolute atomic E-state index is 13.0. The van der Waals surface area contributed by atoms with Gasteiger partial charge in [-0.25, -0.2) is 0 Å². The van der Waals surface area contributed by atoms with Crippen LogP contribution in [0.4, 0.5) is 0 Å². The molecule has 166 valence electrons. The number of hydrogen-bond donors (Lipinski definition) is 0. The number of hydrogen-bond acceptors (Lipinski definition) is 5. The van der Waals surface area contributed by atoms with Gasteiger partial charge < -0.3 is 19.0 Å². The SMILES string of the molecule is O=C1CCCN1CCCN1C[C@@H](OCc2ccccc2)CN(Cc2ccoc2)CC1=O. The molecule has 0 unspecified atom stereocenters. The molecular weight excluding hydrogens is 394 g/mol. The van der Waals surface area contributed by atoms with Crippen LogP contribution in [0, 0.1) is 0 Å². The lowest BCUT2D eigenvalue weighted by atomic mass is 10.2. The molecule has 4 rings (SSSR count). The minimum Gasteiger partial charge on any atom is -0.472 e. The predicted molar refractivity (Wildman–Crippen MR) is 116 cm³/mol. The monoisotopic (exact) mass is 425 g/mol. The molecule has 2 aromatic rings. The lowest BCUT2D eigenvalue weighted by Crippen LogP contribution is -2.39. The molecule has 1 aromatic carbocycles. The quantitative estimate of drug-likeness (QED) is 0.618. The van der Waals surface area contributed by atoms with Crippen molar-refractivity contribution in [3.63, 3.8) is 0 Å². The predicted octanol–water partition coefficient (Wildman–Crippen LogP) is 2.52. The normalized spacial score (nSPS) is 20.5. The second-order valence-electron chi connectivity index (χ2n) is 8.40. The van der Waals surface area contributed by atoms with Crippen LogP contribution in [0.1, 0.15) is 30.4 Å². The van der Waals surface area contributed by atoms with Gasteiger partial charge in [0.2, 0.25) is 11.8 Å². The molecule has 0 radical (unpaired) electrons. The van der Waals surface area contributed by atoms with E-state index in [4.69, 9.17) is 9.15 Å². The van der Waals surface area contributed by atoms with Crippen molar-refractivity contribution in [2.24, 2.45) is 0 Å². The summed E-state index contributed by atoms with van der Waals surface area (Å²) in [6.07, 6.45) is 5.70. The topological polar surface area (TPSA) is 66.2 Å². The van der Waals surface area contributed by atoms with E-state index < -0.39 is 0 Å². The van der Waals surface area contributed by atoms with Crippen LogP contribution in [0.5, 0.6) is 0 Å². The Kier molecular flexibility index (Phi) is 7.38. The van der Waals surface area contributed by atoms with E-state index in [-0.39, 0.29) is 17.9 Å². The van der Waals surface area contributed by atoms with Gasteiger partial charge in [-0.1, -0.05) is 30.3 Å². The zero-order valence-corrected chi connectivity index (χ0v) is 17.9. The van der Waals surface area contributed by atoms with Crippen LogP contribution in [0.15, 0.2) is 53.3 Å². The molecule has 2 fully saturated rings. The van der Waals surface area contributed by atoms with E-state index in [0.29, 0.717) is 45.8 Å². The Morgan fingerprint density at radius 3 is 2.55 bits per heavy atom. The fraction of sp³-hybridized carbons (Fsp3) is 0.500. The van der Waals surface area contributed by atoms with Crippen molar-refractivity contribution in [3.8, 4) is 0 Å². The first kappa shape index (κ1) is 21.6. The van der Waals surface area contributed by atoms with Gasteiger partial charge in [0, 0.05) is 51.3 Å². The third-order valence-electron chi connectivity index (χ3n) is 5.94. The van der Waals surface area contributed by atoms with Crippen LogP contribution in [0.3, 0.4) is 0 Å². The largest absolute Gasteiger partial charge is 0.472 e. The van der Waals surface area contributed by atoms with Gasteiger partial charge in [-0.05, 0) is 24.5 Å². The molecule has 1 aromatic heterocycles. The van der Waals surface area contributed by atoms with E-state index in [1.54, 1.807) is 12.5 Å². The zero-order chi connectivity index (χ0) is 21.5. The summed E-state index contributed by atoms with van der Waals surface area (Å²) >= 11 is 0. The maximum Gasteiger partial charge on any atom is 0.236 e. The fourth-order valence-electron chi connectivity index (χ4n) is 4.31. The Balaban J connectivity index is 1.37. The minimum atomic E-state index is -0.0769. The molecule has 0 N–H and O–H groups in total. The Hall–Kier alpha value is -2.64. The van der Waals surface area contributed by atoms with Gasteiger partial charge in [0.15, 0.2) is 0 Å². The second kappa shape index (κ2) is 10.6. The van der Waals surface area contributed by atoms with Crippen LogP contribution in [0.2, 0.25) is 0 Å². The molecule has 2 saturated heterocycles. The highest BCUT2D eigenvalue weighted by Gasteiger charge is 2.29. The van der Waals surface area contributed by atoms with E-state index in [0.717, 1.165) is 37.1 Å². The fourth-order valence-corrected chi connectivity index (χ4v) is 4.31. The molecule has 0 aliphatic carbocycles. The summed E-state index contributed by atoms with van der Waals surface area (Å²) < 4.78 is 11.4. The molecule has 7 nitrogen and oxygen atoms in total. The Morgan fingerprint density at radius 1 is 0.968 bits per heavy atom. The van der Waals surface area contributed by atoms with Crippen molar-refractivity contribution >= 4 is 11.8 Å². The first-order valence-corrected chi connectivity index (χ1v) is 11.1. The molecule has 31 heavy (non-hydrogen) atoms. The van der Waals surface area contributed by atoms with Crippen LogP contribution < -0.4 is 0 Å². The summed E-state index contributed by atoms with van der Waals surface area (Å²) in [4.78, 5) is 30.8. The smallest absolute Gasteiger partial charge is 0.236 e. The van der Waals surface area contributed by atoms with Gasteiger partial charge in [0.05, 0.1) is 31.8 Å². The first-order chi connectivity index (χ1) is 15.2. The number of likely N-dealkylation sites (tertiary alicyclic amines) is 1. The molecule has 0 saturated carbocycles. The van der Waals surface area contributed by atoms with Crippen LogP contribution in [-0.2, 0) is 27.5 Å². The number of ether oxygens (including phenoxy) is 1. The van der Waals surface area contributed by atoms with Crippen molar-refractivity contribution < 1.29 is 18.7 Å². The van der Waals surface area contributed by atoms with Crippen molar-refractivity contribution in [1.82, 2.24) is 14.7 Å². The summed E-state index contributed by atoms with van der Waals surface area (Å²) in [6.45, 7) is 5.00. The van der Waals surface area contributed by atoms with Gasteiger partial charge in [-0.3, -0.25) is 14.5 Å². The molecule has 0 bridgehead atoms. The summed E-state index contributed by atoms with van der Waals surface area (Å²) in [5, 5.41) is 0. The van der Waals surface area contributed by atoms with E-state index in [1.807, 2.05) is 34.1 Å². The van der Waals surface area contributed by atoms with Gasteiger partial charge >= 0.3 is 0 Å². The summed E-state index contributed by atoms with van der Waals surface area (Å²) in [5.41, 5.74) is 2.18. The average Bonchev–Trinajstić information content (AvgIpc) is 3.40. The number of carbonyl (C=O) groups is 2. The third kappa shape index (κ3) is 6.18. The summed E-state index contributed by atoms with van der Waals surface area (Å²) in [6, 6.07) is 12.0. The van der Waals surface area contributed by atoms with Crippen molar-refractivity contribution in [2.75, 3.05) is 39.3 Å². The van der Waals surface area contributed by atoms with Gasteiger partial charge in [0.1, 0.15) is 0 Å². The van der Waals surface area contributed by atoms with E-state index in [9.17, 15) is 9.59 Å². The number of furan rings is 1. The van der Waals surface area contributed by atoms with Crippen LogP contribution >= 0.6 is 0 Å². The number of amides is 2. The lowest BCUT2D eigenvalue weighted by molar-refractivity contribution is -0.132. The first-order valence-electron chi connectivity index (χ1n) is 11.1. The third-order valence-corrected chi connectivity index (χ3v) is 5.94. The molecule has 0 spiro atoms. The standard InChI is InChI=1S/C24H31N3O4/c28-23-8-4-10-26(23)11-5-12-27-16-22(31-19-20-6-2-1-3-7-20)15-25(17-24(27)29)14-21-9-13-30-18-21/h1-3,6-7,9,13,18,22H,4-5,8,10-12,14-17,19H2/t22-/m0/s1. The number of rotatable bonds is 9. The van der Waals surface area contributed by atoms with E-state index >= 15 is 0 Å². The number of carbonyl (C=O) groups excluding carboxylic acids is 2. The van der Waals surface area contributed by atoms with E-state index in [2.05, 4.69) is 17.0 Å². The molecule has 2 aliphatic rings. The Morgan fingerprint density at radius 2 is 1.81 bits per heavy atom. The van der Waals surface area contributed by atoms with Crippen LogP contribution in [0.25, 0.3) is 0 Å². The van der Waals surface area contributed by atoms with Gasteiger partial charge in [-0.15, -0.1) is 0 Å². The average molecular weight is 426 g/mol. The van der Waals surface area contributed by atoms with Gasteiger partial charge in [0.25, 0.3) is 0 Å². The van der Waals surface area contributed by atoms with Crippen molar-refractivity contribution in [1.29, 1.82) is 0 Å². The Labute approximate surface area is 183 Å². The lowest BCUT2D eigenvalue weighted by Gasteiger charge is -2.25. The summed E-state index contributed by atoms with van der Waals surface area (Å²) in [7, 11) is 0. The molecule has 3 heterocycles. The van der Waals surface area contributed by atoms with Gasteiger partial charge in [-0.2, -0.15) is 0 Å². The molecular formula is C24H31N3O4. The zero-order valence-electron chi connectivity index (χ0n) is 17.9. The van der Waals surface area contributed by atoms with Crippen LogP contribution in [-0.4, -0.2) is 71.9 Å². The summed E-state index contributed by atoms with van der Waals surface area (Å²) in [5.74, 6) is 0.347. The highest BCUT2D eigenvalue weighted by Crippen LogP contribution is 2.15. The highest BCUT2D eigenvalue weighted by atomic mass is 16.5. The molecule has 2 amide bonds. The van der Waals surface area contributed by atoms with E-state index in [1.165, 1.54) is 0 Å². The number of nitrogens with zero attached hydrogens (tertiary/aromatic N) is 3. The van der Waals surface area contributed by atoms with Crippen molar-refractivity contribution in [2.45, 2.75) is 38.5 Å². The second-order valence-corrected chi connectivity index (χ2v) is 8.40. The number of benzene rings is 1. The Bertz CT molecular complexity index is 840. The molecule has 7 heteroatoms. The highest BCUT2D eigenvalue weighted by molar-refractivity contribution is 5.79. The maximum atomic E-state index is 13.0. The van der Waals surface area contributed by atoms with Crippen molar-refractivity contribution in [3.05, 3.63) is 60.1 Å².